The molecule has 13 heavy (non-hydrogen) atoms. The van der Waals surface area contributed by atoms with E-state index in [0.29, 0.717) is 5.02 Å². The lowest BCUT2D eigenvalue weighted by atomic mass is 10.2. The molecule has 1 N–H and O–H groups in total. The summed E-state index contributed by atoms with van der Waals surface area (Å²) in [5.74, 6) is -0.962. The molecule has 0 saturated carbocycles. The van der Waals surface area contributed by atoms with Crippen LogP contribution in [0.3, 0.4) is 0 Å². The van der Waals surface area contributed by atoms with Gasteiger partial charge < -0.3 is 5.11 Å². The highest BCUT2D eigenvalue weighted by Gasteiger charge is 2.00. The molecule has 0 aliphatic carbocycles. The molecular formula is C9H6ClIO2. The van der Waals surface area contributed by atoms with Gasteiger partial charge in [0.2, 0.25) is 0 Å². The zero-order valence-electron chi connectivity index (χ0n) is 6.50. The van der Waals surface area contributed by atoms with Crippen LogP contribution in [-0.4, -0.2) is 11.1 Å². The van der Waals surface area contributed by atoms with Crippen LogP contribution in [0.1, 0.15) is 5.56 Å². The molecular weight excluding hydrogens is 302 g/mol. The first-order valence-corrected chi connectivity index (χ1v) is 4.92. The minimum absolute atomic E-state index is 0.633. The van der Waals surface area contributed by atoms with Crippen molar-refractivity contribution in [1.29, 1.82) is 0 Å². The van der Waals surface area contributed by atoms with Crippen LogP contribution < -0.4 is 0 Å². The minimum atomic E-state index is -0.962. The molecule has 0 radical (unpaired) electrons. The van der Waals surface area contributed by atoms with Crippen molar-refractivity contribution < 1.29 is 9.90 Å². The van der Waals surface area contributed by atoms with Crippen molar-refractivity contribution in [2.24, 2.45) is 0 Å². The first kappa shape index (κ1) is 10.5. The zero-order chi connectivity index (χ0) is 9.84. The molecule has 0 heterocycles. The number of carboxylic acid groups (broad SMARTS) is 1. The molecule has 0 aliphatic heterocycles. The summed E-state index contributed by atoms with van der Waals surface area (Å²) in [5.41, 5.74) is 0.815. The number of halogens is 2. The Hall–Kier alpha value is -0.550. The largest absolute Gasteiger partial charge is 0.478 e. The van der Waals surface area contributed by atoms with Crippen molar-refractivity contribution in [3.05, 3.63) is 38.4 Å². The quantitative estimate of drug-likeness (QED) is 0.673. The summed E-state index contributed by atoms with van der Waals surface area (Å²) in [6.45, 7) is 0. The first-order chi connectivity index (χ1) is 6.11. The van der Waals surface area contributed by atoms with E-state index in [1.807, 2.05) is 6.07 Å². The Bertz CT molecular complexity index is 361. The monoisotopic (exact) mass is 308 g/mol. The molecule has 68 valence electrons. The number of carboxylic acids is 1. The van der Waals surface area contributed by atoms with Gasteiger partial charge in [-0.15, -0.1) is 0 Å². The normalized spacial score (nSPS) is 10.6. The lowest BCUT2D eigenvalue weighted by molar-refractivity contribution is -0.131. The summed E-state index contributed by atoms with van der Waals surface area (Å²) < 4.78 is 0.860. The number of carbonyl (C=O) groups is 1. The minimum Gasteiger partial charge on any atom is -0.478 e. The second-order valence-electron chi connectivity index (χ2n) is 2.31. The fourth-order valence-electron chi connectivity index (χ4n) is 0.810. The van der Waals surface area contributed by atoms with E-state index in [9.17, 15) is 4.79 Å². The van der Waals surface area contributed by atoms with Crippen molar-refractivity contribution in [1.82, 2.24) is 0 Å². The zero-order valence-corrected chi connectivity index (χ0v) is 9.41. The van der Waals surface area contributed by atoms with Crippen LogP contribution in [0.2, 0.25) is 5.02 Å². The van der Waals surface area contributed by atoms with Crippen LogP contribution in [0.15, 0.2) is 24.3 Å². The third-order valence-electron chi connectivity index (χ3n) is 1.39. The topological polar surface area (TPSA) is 37.3 Å². The summed E-state index contributed by atoms with van der Waals surface area (Å²) in [4.78, 5) is 10.2. The highest BCUT2D eigenvalue weighted by Crippen LogP contribution is 2.22. The van der Waals surface area contributed by atoms with Crippen molar-refractivity contribution in [2.75, 3.05) is 0 Å². The Kier molecular flexibility index (Phi) is 3.74. The van der Waals surface area contributed by atoms with E-state index in [2.05, 4.69) is 22.6 Å². The summed E-state index contributed by atoms with van der Waals surface area (Å²) in [7, 11) is 0. The highest BCUT2D eigenvalue weighted by atomic mass is 127. The summed E-state index contributed by atoms with van der Waals surface area (Å²) in [6.07, 6.45) is 2.61. The van der Waals surface area contributed by atoms with Gasteiger partial charge in [-0.3, -0.25) is 0 Å². The molecule has 0 saturated heterocycles. The number of rotatable bonds is 2. The van der Waals surface area contributed by atoms with Gasteiger partial charge in [-0.25, -0.2) is 4.79 Å². The summed E-state index contributed by atoms with van der Waals surface area (Å²) >= 11 is 7.92. The van der Waals surface area contributed by atoms with Crippen molar-refractivity contribution in [3.63, 3.8) is 0 Å². The van der Waals surface area contributed by atoms with E-state index < -0.39 is 5.97 Å². The highest BCUT2D eigenvalue weighted by molar-refractivity contribution is 14.1. The Balaban J connectivity index is 3.02. The third-order valence-corrected chi connectivity index (χ3v) is 3.22. The van der Waals surface area contributed by atoms with Gasteiger partial charge in [0.1, 0.15) is 0 Å². The predicted molar refractivity (Wildman–Crippen MR) is 60.8 cm³/mol. The maximum Gasteiger partial charge on any atom is 0.328 e. The Morgan fingerprint density at radius 2 is 2.23 bits per heavy atom. The van der Waals surface area contributed by atoms with Crippen LogP contribution in [-0.2, 0) is 4.79 Å². The van der Waals surface area contributed by atoms with Gasteiger partial charge in [-0.1, -0.05) is 23.7 Å². The first-order valence-electron chi connectivity index (χ1n) is 3.46. The second kappa shape index (κ2) is 4.62. The van der Waals surface area contributed by atoms with Crippen LogP contribution in [0.5, 0.6) is 0 Å². The molecule has 0 atom stereocenters. The van der Waals surface area contributed by atoms with E-state index in [1.54, 1.807) is 12.1 Å². The van der Waals surface area contributed by atoms with Crippen LogP contribution in [0, 0.1) is 3.57 Å². The lowest BCUT2D eigenvalue weighted by Crippen LogP contribution is -1.87. The Labute approximate surface area is 94.4 Å². The van der Waals surface area contributed by atoms with Crippen LogP contribution >= 0.6 is 34.2 Å². The van der Waals surface area contributed by atoms with Crippen molar-refractivity contribution in [2.45, 2.75) is 0 Å². The average molecular weight is 309 g/mol. The van der Waals surface area contributed by atoms with Crippen molar-refractivity contribution >= 4 is 46.2 Å². The molecule has 0 fully saturated rings. The van der Waals surface area contributed by atoms with Gasteiger partial charge in [0, 0.05) is 9.65 Å². The van der Waals surface area contributed by atoms with Crippen LogP contribution in [0.4, 0.5) is 0 Å². The number of benzene rings is 1. The van der Waals surface area contributed by atoms with Gasteiger partial charge >= 0.3 is 5.97 Å². The fraction of sp³-hybridized carbons (Fsp3) is 0. The molecule has 0 aliphatic rings. The van der Waals surface area contributed by atoms with Crippen LogP contribution in [0.25, 0.3) is 6.08 Å². The van der Waals surface area contributed by atoms with E-state index >= 15 is 0 Å². The molecule has 0 spiro atoms. The lowest BCUT2D eigenvalue weighted by Gasteiger charge is -1.99. The molecule has 2 nitrogen and oxygen atoms in total. The van der Waals surface area contributed by atoms with E-state index in [4.69, 9.17) is 16.7 Å². The smallest absolute Gasteiger partial charge is 0.328 e. The van der Waals surface area contributed by atoms with Gasteiger partial charge in [-0.05, 0) is 40.3 Å². The third kappa shape index (κ3) is 3.00. The van der Waals surface area contributed by atoms with Gasteiger partial charge in [-0.2, -0.15) is 0 Å². The molecule has 1 aromatic carbocycles. The average Bonchev–Trinajstić information content (AvgIpc) is 2.07. The van der Waals surface area contributed by atoms with E-state index in [1.165, 1.54) is 6.08 Å². The van der Waals surface area contributed by atoms with Gasteiger partial charge in [0.25, 0.3) is 0 Å². The number of aliphatic carboxylic acids is 1. The van der Waals surface area contributed by atoms with Gasteiger partial charge in [0.05, 0.1) is 5.02 Å². The van der Waals surface area contributed by atoms with E-state index in [-0.39, 0.29) is 0 Å². The fourth-order valence-corrected chi connectivity index (χ4v) is 1.53. The van der Waals surface area contributed by atoms with Crippen molar-refractivity contribution in [3.8, 4) is 0 Å². The molecule has 0 bridgehead atoms. The SMILES string of the molecule is O=C(O)/C=C/c1cccc(Cl)c1I. The Morgan fingerprint density at radius 1 is 1.54 bits per heavy atom. The second-order valence-corrected chi connectivity index (χ2v) is 3.80. The predicted octanol–water partition coefficient (Wildman–Crippen LogP) is 3.04. The molecule has 0 unspecified atom stereocenters. The van der Waals surface area contributed by atoms with Gasteiger partial charge in [0.15, 0.2) is 0 Å². The number of hydrogen-bond donors (Lipinski definition) is 1. The molecule has 1 rings (SSSR count). The number of hydrogen-bond acceptors (Lipinski definition) is 1. The van der Waals surface area contributed by atoms with E-state index in [0.717, 1.165) is 15.2 Å². The standard InChI is InChI=1S/C9H6ClIO2/c10-7-3-1-2-6(9(7)11)4-5-8(12)13/h1-5H,(H,12,13)/b5-4+. The summed E-state index contributed by atoms with van der Waals surface area (Å²) in [6, 6.07) is 5.36. The maximum atomic E-state index is 10.2. The molecule has 1 aromatic rings. The molecule has 0 amide bonds. The summed E-state index contributed by atoms with van der Waals surface area (Å²) in [5, 5.41) is 9.05. The maximum absolute atomic E-state index is 10.2. The molecule has 0 aromatic heterocycles. The molecule has 4 heteroatoms. The Morgan fingerprint density at radius 3 is 2.85 bits per heavy atom.